The second kappa shape index (κ2) is 45.1. The average molecular weight is 875 g/mol. The molecule has 2 unspecified atom stereocenters. The molecule has 0 bridgehead atoms. The number of phosphoric ester groups is 1. The van der Waals surface area contributed by atoms with E-state index in [2.05, 4.69) is 13.8 Å². The van der Waals surface area contributed by atoms with Crippen LogP contribution in [0.25, 0.3) is 0 Å². The van der Waals surface area contributed by atoms with Crippen molar-refractivity contribution in [2.24, 2.45) is 0 Å². The van der Waals surface area contributed by atoms with Gasteiger partial charge in [0.25, 0.3) is 0 Å². The van der Waals surface area contributed by atoms with Gasteiger partial charge in [0.15, 0.2) is 0 Å². The lowest BCUT2D eigenvalue weighted by Gasteiger charge is -2.24. The van der Waals surface area contributed by atoms with E-state index < -0.39 is 13.9 Å². The van der Waals surface area contributed by atoms with Crippen molar-refractivity contribution in [2.45, 2.75) is 270 Å². The molecule has 0 saturated heterocycles. The van der Waals surface area contributed by atoms with E-state index >= 15 is 0 Å². The predicted octanol–water partition coefficient (Wildman–Crippen LogP) is 16.0. The Morgan fingerprint density at radius 1 is 0.450 bits per heavy atom. The summed E-state index contributed by atoms with van der Waals surface area (Å²) in [5.41, 5.74) is 0. The largest absolute Gasteiger partial charge is 0.472 e. The molecule has 0 radical (unpaired) electrons. The molecular formula is C51H105NO7P+. The van der Waals surface area contributed by atoms with Gasteiger partial charge >= 0.3 is 13.8 Å². The minimum Gasteiger partial charge on any atom is -0.457 e. The van der Waals surface area contributed by atoms with Crippen LogP contribution in [0.3, 0.4) is 0 Å². The van der Waals surface area contributed by atoms with Gasteiger partial charge in [0.1, 0.15) is 19.3 Å². The summed E-state index contributed by atoms with van der Waals surface area (Å²) < 4.78 is 35.2. The molecule has 360 valence electrons. The van der Waals surface area contributed by atoms with Gasteiger partial charge in [-0.1, -0.05) is 245 Å². The first-order chi connectivity index (χ1) is 29.1. The maximum Gasteiger partial charge on any atom is 0.472 e. The molecule has 0 aromatic carbocycles. The highest BCUT2D eigenvalue weighted by Crippen LogP contribution is 2.43. The average Bonchev–Trinajstić information content (AvgIpc) is 3.20. The molecule has 0 aliphatic heterocycles. The third-order valence-corrected chi connectivity index (χ3v) is 12.9. The molecule has 0 amide bonds. The number of likely N-dealkylation sites (N-methyl/N-ethyl adjacent to an activating group) is 1. The van der Waals surface area contributed by atoms with Gasteiger partial charge in [0, 0.05) is 13.0 Å². The van der Waals surface area contributed by atoms with Crippen LogP contribution in [-0.4, -0.2) is 75.6 Å². The number of carbonyl (C=O) groups excluding carboxylic acids is 1. The molecular weight excluding hydrogens is 770 g/mol. The molecule has 0 saturated carbocycles. The van der Waals surface area contributed by atoms with Crippen LogP contribution in [0.5, 0.6) is 0 Å². The van der Waals surface area contributed by atoms with E-state index in [1.54, 1.807) is 0 Å². The van der Waals surface area contributed by atoms with Gasteiger partial charge in [0.2, 0.25) is 0 Å². The molecule has 2 atom stereocenters. The Morgan fingerprint density at radius 2 is 0.767 bits per heavy atom. The van der Waals surface area contributed by atoms with E-state index in [1.165, 1.54) is 212 Å². The normalized spacial score (nSPS) is 13.5. The fourth-order valence-corrected chi connectivity index (χ4v) is 8.59. The fraction of sp³-hybridized carbons (Fsp3) is 0.980. The Labute approximate surface area is 374 Å². The number of ether oxygens (including phenoxy) is 2. The molecule has 0 spiro atoms. The van der Waals surface area contributed by atoms with Crippen LogP contribution in [0.15, 0.2) is 0 Å². The standard InChI is InChI=1S/C51H104NO7P/c1-6-8-10-12-14-16-18-20-22-24-26-27-28-30-32-34-36-38-40-42-44-51(53)59-50(49-58-60(54,55)57-47-45-52(3,4)5)48-56-46-43-41-39-37-35-33-31-29-25-23-21-19-17-15-13-11-9-7-2/h50H,6-49H2,1-5H3/p+1. The molecule has 0 aromatic rings. The molecule has 1 N–H and O–H groups in total. The molecule has 60 heavy (non-hydrogen) atoms. The number of unbranched alkanes of at least 4 members (excludes halogenated alkanes) is 36. The predicted molar refractivity (Wildman–Crippen MR) is 257 cm³/mol. The van der Waals surface area contributed by atoms with Crippen molar-refractivity contribution in [3.8, 4) is 0 Å². The van der Waals surface area contributed by atoms with E-state index in [9.17, 15) is 14.3 Å². The number of rotatable bonds is 50. The number of hydrogen-bond donors (Lipinski definition) is 1. The number of quaternary nitrogens is 1. The van der Waals surface area contributed by atoms with Crippen LogP contribution in [0, 0.1) is 0 Å². The van der Waals surface area contributed by atoms with Crippen molar-refractivity contribution in [1.29, 1.82) is 0 Å². The molecule has 8 nitrogen and oxygen atoms in total. The maximum atomic E-state index is 12.8. The zero-order chi connectivity index (χ0) is 44.1. The van der Waals surface area contributed by atoms with Gasteiger partial charge in [-0.15, -0.1) is 0 Å². The van der Waals surface area contributed by atoms with Gasteiger partial charge in [0.05, 0.1) is 34.4 Å². The van der Waals surface area contributed by atoms with Gasteiger partial charge in [-0.3, -0.25) is 13.8 Å². The fourth-order valence-electron chi connectivity index (χ4n) is 7.85. The van der Waals surface area contributed by atoms with Crippen molar-refractivity contribution >= 4 is 13.8 Å². The van der Waals surface area contributed by atoms with E-state index in [-0.39, 0.29) is 25.8 Å². The Morgan fingerprint density at radius 3 is 1.10 bits per heavy atom. The van der Waals surface area contributed by atoms with Gasteiger partial charge in [-0.2, -0.15) is 0 Å². The van der Waals surface area contributed by atoms with Crippen LogP contribution in [0.1, 0.15) is 264 Å². The molecule has 0 fully saturated rings. The smallest absolute Gasteiger partial charge is 0.457 e. The van der Waals surface area contributed by atoms with Crippen molar-refractivity contribution in [2.75, 3.05) is 54.1 Å². The topological polar surface area (TPSA) is 91.3 Å². The zero-order valence-electron chi connectivity index (χ0n) is 41.0. The molecule has 0 rings (SSSR count). The first kappa shape index (κ1) is 59.5. The van der Waals surface area contributed by atoms with E-state index in [0.29, 0.717) is 24.1 Å². The van der Waals surface area contributed by atoms with E-state index in [4.69, 9.17) is 18.5 Å². The van der Waals surface area contributed by atoms with Gasteiger partial charge < -0.3 is 18.9 Å². The van der Waals surface area contributed by atoms with Crippen molar-refractivity contribution in [1.82, 2.24) is 0 Å². The third kappa shape index (κ3) is 48.5. The summed E-state index contributed by atoms with van der Waals surface area (Å²) in [4.78, 5) is 23.0. The van der Waals surface area contributed by atoms with Crippen molar-refractivity contribution < 1.29 is 37.3 Å². The second-order valence-electron chi connectivity index (χ2n) is 19.3. The monoisotopic (exact) mass is 875 g/mol. The van der Waals surface area contributed by atoms with Crippen molar-refractivity contribution in [3.05, 3.63) is 0 Å². The first-order valence-electron chi connectivity index (χ1n) is 26.3. The summed E-state index contributed by atoms with van der Waals surface area (Å²) in [6.07, 6.45) is 50.0. The summed E-state index contributed by atoms with van der Waals surface area (Å²) in [5.74, 6) is -0.304. The third-order valence-electron chi connectivity index (χ3n) is 11.9. The first-order valence-corrected chi connectivity index (χ1v) is 27.8. The highest BCUT2D eigenvalue weighted by Gasteiger charge is 2.26. The Bertz CT molecular complexity index is 930. The lowest BCUT2D eigenvalue weighted by Crippen LogP contribution is -2.37. The quantitative estimate of drug-likeness (QED) is 0.0282. The minimum atomic E-state index is -4.27. The Balaban J connectivity index is 4.07. The lowest BCUT2D eigenvalue weighted by atomic mass is 10.0. The van der Waals surface area contributed by atoms with Gasteiger partial charge in [-0.25, -0.2) is 4.57 Å². The summed E-state index contributed by atoms with van der Waals surface area (Å²) in [6.45, 7) is 5.71. The van der Waals surface area contributed by atoms with E-state index in [0.717, 1.165) is 32.1 Å². The number of phosphoric acid groups is 1. The number of carbonyl (C=O) groups is 1. The highest BCUT2D eigenvalue weighted by atomic mass is 31.2. The van der Waals surface area contributed by atoms with E-state index in [1.807, 2.05) is 21.1 Å². The lowest BCUT2D eigenvalue weighted by molar-refractivity contribution is -0.870. The summed E-state index contributed by atoms with van der Waals surface area (Å²) in [5, 5.41) is 0. The maximum absolute atomic E-state index is 12.8. The molecule has 0 aliphatic rings. The second-order valence-corrected chi connectivity index (χ2v) is 20.7. The van der Waals surface area contributed by atoms with Crippen LogP contribution in [-0.2, 0) is 27.9 Å². The van der Waals surface area contributed by atoms with Crippen LogP contribution < -0.4 is 0 Å². The summed E-state index contributed by atoms with van der Waals surface area (Å²) in [6, 6.07) is 0. The number of hydrogen-bond acceptors (Lipinski definition) is 6. The van der Waals surface area contributed by atoms with Crippen molar-refractivity contribution in [3.63, 3.8) is 0 Å². The van der Waals surface area contributed by atoms with Crippen LogP contribution in [0.2, 0.25) is 0 Å². The van der Waals surface area contributed by atoms with Crippen LogP contribution in [0.4, 0.5) is 0 Å². The Hall–Kier alpha value is -0.500. The molecule has 0 aliphatic carbocycles. The number of nitrogens with zero attached hydrogens (tertiary/aromatic N) is 1. The minimum absolute atomic E-state index is 0.0943. The van der Waals surface area contributed by atoms with Crippen LogP contribution >= 0.6 is 7.82 Å². The Kier molecular flexibility index (Phi) is 44.7. The SMILES string of the molecule is CCCCCCCCCCCCCCCCCCCCCCC(=O)OC(COCCCCCCCCCCCCCCCCCCCC)COP(=O)(O)OCC[N+](C)(C)C. The number of esters is 1. The zero-order valence-corrected chi connectivity index (χ0v) is 41.9. The summed E-state index contributed by atoms with van der Waals surface area (Å²) >= 11 is 0. The molecule has 0 heterocycles. The molecule has 0 aromatic heterocycles. The summed E-state index contributed by atoms with van der Waals surface area (Å²) in [7, 11) is 1.69. The van der Waals surface area contributed by atoms with Gasteiger partial charge in [-0.05, 0) is 12.8 Å². The highest BCUT2D eigenvalue weighted by molar-refractivity contribution is 7.47. The molecule has 9 heteroatoms.